The number of methoxy groups -OCH3 is 1. The van der Waals surface area contributed by atoms with Crippen LogP contribution in [0.15, 0.2) is 28.6 Å². The Balaban J connectivity index is 1.53. The van der Waals surface area contributed by atoms with Gasteiger partial charge in [-0.15, -0.1) is 10.2 Å². The minimum Gasteiger partial charge on any atom is -0.497 e. The zero-order valence-corrected chi connectivity index (χ0v) is 14.7. The Labute approximate surface area is 147 Å². The molecule has 0 atom stereocenters. The molecular weight excluding hydrogens is 348 g/mol. The predicted molar refractivity (Wildman–Crippen MR) is 92.9 cm³/mol. The van der Waals surface area contributed by atoms with Crippen molar-refractivity contribution in [2.24, 2.45) is 0 Å². The third-order valence-corrected chi connectivity index (χ3v) is 5.40. The summed E-state index contributed by atoms with van der Waals surface area (Å²) in [6, 6.07) is 7.47. The molecule has 3 rings (SSSR count). The molecule has 2 amide bonds. The first-order chi connectivity index (χ1) is 11.7. The van der Waals surface area contributed by atoms with Gasteiger partial charge >= 0.3 is 0 Å². The smallest absolute Gasteiger partial charge is 0.239 e. The molecule has 1 fully saturated rings. The second kappa shape index (κ2) is 7.63. The number of nitrogens with one attached hydrogen (secondary N) is 1. The molecule has 2 heterocycles. The number of anilines is 2. The summed E-state index contributed by atoms with van der Waals surface area (Å²) < 4.78 is 5.80. The van der Waals surface area contributed by atoms with Gasteiger partial charge in [-0.1, -0.05) is 23.1 Å². The molecule has 0 aliphatic carbocycles. The fraction of sp³-hybridized carbons (Fsp3) is 0.333. The van der Waals surface area contributed by atoms with Gasteiger partial charge in [-0.05, 0) is 30.7 Å². The lowest BCUT2D eigenvalue weighted by Crippen LogP contribution is -2.33. The molecule has 0 bridgehead atoms. The first kappa shape index (κ1) is 16.7. The van der Waals surface area contributed by atoms with Crippen LogP contribution in [0.2, 0.25) is 0 Å². The number of ether oxygens (including phenoxy) is 1. The van der Waals surface area contributed by atoms with Crippen LogP contribution in [-0.2, 0) is 9.59 Å². The minimum atomic E-state index is -0.164. The highest BCUT2D eigenvalue weighted by Gasteiger charge is 2.26. The Morgan fingerprint density at radius 1 is 1.38 bits per heavy atom. The first-order valence-corrected chi connectivity index (χ1v) is 9.16. The monoisotopic (exact) mass is 364 g/mol. The molecule has 126 valence electrons. The van der Waals surface area contributed by atoms with Gasteiger partial charge < -0.3 is 10.1 Å². The van der Waals surface area contributed by atoms with Gasteiger partial charge in [0.2, 0.25) is 16.9 Å². The van der Waals surface area contributed by atoms with Crippen LogP contribution in [0.25, 0.3) is 0 Å². The average molecular weight is 364 g/mol. The van der Waals surface area contributed by atoms with Gasteiger partial charge in [0.05, 0.1) is 12.9 Å². The van der Waals surface area contributed by atoms with Gasteiger partial charge in [-0.25, -0.2) is 0 Å². The van der Waals surface area contributed by atoms with Gasteiger partial charge in [0.1, 0.15) is 5.75 Å². The number of imide groups is 1. The van der Waals surface area contributed by atoms with E-state index in [4.69, 9.17) is 4.74 Å². The van der Waals surface area contributed by atoms with Crippen LogP contribution in [0.3, 0.4) is 0 Å². The van der Waals surface area contributed by atoms with Crippen molar-refractivity contribution < 1.29 is 14.3 Å². The molecule has 0 spiro atoms. The fourth-order valence-corrected chi connectivity index (χ4v) is 3.88. The quantitative estimate of drug-likeness (QED) is 0.789. The number of thioether (sulfide) groups is 1. The van der Waals surface area contributed by atoms with E-state index in [-0.39, 0.29) is 17.6 Å². The molecule has 1 aliphatic rings. The van der Waals surface area contributed by atoms with Crippen molar-refractivity contribution in [3.05, 3.63) is 24.3 Å². The maximum absolute atomic E-state index is 12.0. The Bertz CT molecular complexity index is 733. The molecule has 0 saturated carbocycles. The number of benzene rings is 1. The van der Waals surface area contributed by atoms with Gasteiger partial charge in [-0.2, -0.15) is 0 Å². The molecule has 0 unspecified atom stereocenters. The molecule has 1 saturated heterocycles. The summed E-state index contributed by atoms with van der Waals surface area (Å²) in [6.07, 6.45) is 1.22. The van der Waals surface area contributed by atoms with Crippen molar-refractivity contribution in [3.63, 3.8) is 0 Å². The minimum absolute atomic E-state index is 0.0836. The largest absolute Gasteiger partial charge is 0.497 e. The van der Waals surface area contributed by atoms with E-state index in [2.05, 4.69) is 15.5 Å². The molecule has 1 aromatic carbocycles. The molecule has 9 heteroatoms. The Kier molecular flexibility index (Phi) is 5.31. The van der Waals surface area contributed by atoms with Crippen molar-refractivity contribution in [1.29, 1.82) is 0 Å². The molecule has 2 aromatic rings. The first-order valence-electron chi connectivity index (χ1n) is 7.36. The van der Waals surface area contributed by atoms with E-state index in [9.17, 15) is 9.59 Å². The maximum atomic E-state index is 12.0. The zero-order chi connectivity index (χ0) is 16.9. The third-order valence-electron chi connectivity index (χ3n) is 3.44. The third kappa shape index (κ3) is 4.04. The van der Waals surface area contributed by atoms with E-state index >= 15 is 0 Å². The topological polar surface area (TPSA) is 84.4 Å². The Morgan fingerprint density at radius 3 is 2.83 bits per heavy atom. The van der Waals surface area contributed by atoms with Crippen LogP contribution in [0.4, 0.5) is 10.8 Å². The van der Waals surface area contributed by atoms with Crippen molar-refractivity contribution in [1.82, 2.24) is 15.1 Å². The van der Waals surface area contributed by atoms with Crippen molar-refractivity contribution in [3.8, 4) is 5.75 Å². The predicted octanol–water partition coefficient (Wildman–Crippen LogP) is 2.53. The number of likely N-dealkylation sites (tertiary alicyclic amines) is 1. The number of rotatable bonds is 6. The SMILES string of the molecule is COc1ccc(Nc2nnc(SCC(=O)N3CCCC3=O)s2)cc1. The van der Waals surface area contributed by atoms with Crippen LogP contribution < -0.4 is 10.1 Å². The van der Waals surface area contributed by atoms with E-state index in [1.54, 1.807) is 7.11 Å². The van der Waals surface area contributed by atoms with Crippen LogP contribution in [-0.4, -0.2) is 46.3 Å². The van der Waals surface area contributed by atoms with Crippen LogP contribution in [0.5, 0.6) is 5.75 Å². The highest BCUT2D eigenvalue weighted by atomic mass is 32.2. The lowest BCUT2D eigenvalue weighted by Gasteiger charge is -2.11. The number of amides is 2. The van der Waals surface area contributed by atoms with E-state index in [1.807, 2.05) is 24.3 Å². The number of carbonyl (C=O) groups is 2. The van der Waals surface area contributed by atoms with Gasteiger partial charge in [-0.3, -0.25) is 14.5 Å². The van der Waals surface area contributed by atoms with E-state index in [0.29, 0.717) is 22.4 Å². The van der Waals surface area contributed by atoms with Crippen LogP contribution in [0, 0.1) is 0 Å². The number of aromatic nitrogens is 2. The highest BCUT2D eigenvalue weighted by molar-refractivity contribution is 8.01. The van der Waals surface area contributed by atoms with Crippen molar-refractivity contribution in [2.75, 3.05) is 24.7 Å². The number of carbonyl (C=O) groups excluding carboxylic acids is 2. The molecule has 7 nitrogen and oxygen atoms in total. The normalized spacial score (nSPS) is 14.0. The average Bonchev–Trinajstić information content (AvgIpc) is 3.22. The lowest BCUT2D eigenvalue weighted by atomic mass is 10.3. The number of nitrogens with zero attached hydrogens (tertiary/aromatic N) is 3. The molecule has 0 radical (unpaired) electrons. The summed E-state index contributed by atoms with van der Waals surface area (Å²) >= 11 is 2.66. The molecule has 1 N–H and O–H groups in total. The summed E-state index contributed by atoms with van der Waals surface area (Å²) in [5.74, 6) is 0.731. The fourth-order valence-electron chi connectivity index (χ4n) is 2.23. The van der Waals surface area contributed by atoms with E-state index in [0.717, 1.165) is 17.9 Å². The number of hydrogen-bond acceptors (Lipinski definition) is 8. The van der Waals surface area contributed by atoms with Gasteiger partial charge in [0, 0.05) is 18.7 Å². The maximum Gasteiger partial charge on any atom is 0.239 e. The zero-order valence-electron chi connectivity index (χ0n) is 13.0. The Hall–Kier alpha value is -2.13. The van der Waals surface area contributed by atoms with E-state index < -0.39 is 0 Å². The molecule has 1 aromatic heterocycles. The Morgan fingerprint density at radius 2 is 2.17 bits per heavy atom. The second-order valence-corrected chi connectivity index (χ2v) is 7.26. The van der Waals surface area contributed by atoms with Crippen LogP contribution in [0.1, 0.15) is 12.8 Å². The standard InChI is InChI=1S/C15H16N4O3S2/c1-22-11-6-4-10(5-7-11)16-14-17-18-15(24-14)23-9-13(21)19-8-2-3-12(19)20/h4-7H,2-3,8-9H2,1H3,(H,16,17). The van der Waals surface area contributed by atoms with Crippen LogP contribution >= 0.6 is 23.1 Å². The lowest BCUT2D eigenvalue weighted by molar-refractivity contribution is -0.140. The van der Waals surface area contributed by atoms with E-state index in [1.165, 1.54) is 28.0 Å². The molecule has 24 heavy (non-hydrogen) atoms. The summed E-state index contributed by atoms with van der Waals surface area (Å²) in [7, 11) is 1.62. The summed E-state index contributed by atoms with van der Waals surface area (Å²) in [5, 5.41) is 11.9. The van der Waals surface area contributed by atoms with Gasteiger partial charge in [0.15, 0.2) is 4.34 Å². The molecule has 1 aliphatic heterocycles. The summed E-state index contributed by atoms with van der Waals surface area (Å²) in [6.45, 7) is 0.526. The second-order valence-electron chi connectivity index (χ2n) is 5.06. The summed E-state index contributed by atoms with van der Waals surface area (Å²) in [5.41, 5.74) is 0.877. The summed E-state index contributed by atoms with van der Waals surface area (Å²) in [4.78, 5) is 24.9. The van der Waals surface area contributed by atoms with Crippen molar-refractivity contribution in [2.45, 2.75) is 17.2 Å². The number of hydrogen-bond donors (Lipinski definition) is 1. The highest BCUT2D eigenvalue weighted by Crippen LogP contribution is 2.28. The van der Waals surface area contributed by atoms with Crippen molar-refractivity contribution >= 4 is 45.7 Å². The van der Waals surface area contributed by atoms with Gasteiger partial charge in [0.25, 0.3) is 0 Å². The molecular formula is C15H16N4O3S2.